The molecule has 6 heteroatoms. The molecule has 132 valence electrons. The highest BCUT2D eigenvalue weighted by molar-refractivity contribution is 5.58. The molecule has 0 heterocycles. The van der Waals surface area contributed by atoms with Crippen LogP contribution in [-0.4, -0.2) is 48.8 Å². The van der Waals surface area contributed by atoms with Gasteiger partial charge in [-0.1, -0.05) is 12.1 Å². The minimum atomic E-state index is -0.345. The van der Waals surface area contributed by atoms with E-state index >= 15 is 0 Å². The first-order valence-electron chi connectivity index (χ1n) is 7.48. The van der Waals surface area contributed by atoms with Gasteiger partial charge in [-0.3, -0.25) is 0 Å². The predicted octanol–water partition coefficient (Wildman–Crippen LogP) is 2.89. The Morgan fingerprint density at radius 2 is 1.46 bits per heavy atom. The van der Waals surface area contributed by atoms with Crippen LogP contribution in [0.2, 0.25) is 0 Å². The Bertz CT molecular complexity index is 635. The van der Waals surface area contributed by atoms with Crippen molar-refractivity contribution in [3.8, 4) is 17.2 Å². The maximum Gasteiger partial charge on any atom is 0.203 e. The van der Waals surface area contributed by atoms with Gasteiger partial charge in [0.1, 0.15) is 6.10 Å². The molecule has 1 aliphatic rings. The molecule has 2 atom stereocenters. The molecule has 0 bridgehead atoms. The third-order valence-electron chi connectivity index (χ3n) is 4.07. The summed E-state index contributed by atoms with van der Waals surface area (Å²) in [7, 11) is 9.61. The molecule has 0 aliphatic heterocycles. The van der Waals surface area contributed by atoms with Gasteiger partial charge in [-0.25, -0.2) is 0 Å². The van der Waals surface area contributed by atoms with E-state index in [1.807, 2.05) is 24.3 Å². The largest absolute Gasteiger partial charge is 0.494 e. The van der Waals surface area contributed by atoms with Gasteiger partial charge in [0.15, 0.2) is 23.0 Å². The van der Waals surface area contributed by atoms with Gasteiger partial charge in [-0.2, -0.15) is 0 Å². The van der Waals surface area contributed by atoms with E-state index in [0.717, 1.165) is 5.56 Å². The van der Waals surface area contributed by atoms with E-state index in [4.69, 9.17) is 28.4 Å². The van der Waals surface area contributed by atoms with Crippen molar-refractivity contribution < 1.29 is 28.4 Å². The molecule has 0 fully saturated rings. The second kappa shape index (κ2) is 7.97. The van der Waals surface area contributed by atoms with E-state index in [-0.39, 0.29) is 12.0 Å². The van der Waals surface area contributed by atoms with Gasteiger partial charge in [0.05, 0.1) is 35.5 Å². The lowest BCUT2D eigenvalue weighted by molar-refractivity contribution is 0.0556. The summed E-state index contributed by atoms with van der Waals surface area (Å²) in [4.78, 5) is 0. The molecule has 6 nitrogen and oxygen atoms in total. The molecule has 0 aromatic heterocycles. The van der Waals surface area contributed by atoms with E-state index in [1.54, 1.807) is 42.7 Å². The van der Waals surface area contributed by atoms with Crippen molar-refractivity contribution in [2.24, 2.45) is 0 Å². The van der Waals surface area contributed by atoms with E-state index in [9.17, 15) is 0 Å². The summed E-state index contributed by atoms with van der Waals surface area (Å²) in [6, 6.07) is 3.78. The molecule has 0 N–H and O–H groups in total. The minimum absolute atomic E-state index is 0.126. The van der Waals surface area contributed by atoms with Crippen molar-refractivity contribution in [2.45, 2.75) is 12.0 Å². The third kappa shape index (κ3) is 3.01. The zero-order chi connectivity index (χ0) is 17.7. The topological polar surface area (TPSA) is 55.4 Å². The van der Waals surface area contributed by atoms with Crippen LogP contribution >= 0.6 is 0 Å². The molecule has 2 rings (SSSR count). The molecular formula is C18H24O6. The minimum Gasteiger partial charge on any atom is -0.494 e. The van der Waals surface area contributed by atoms with Crippen molar-refractivity contribution >= 4 is 0 Å². The van der Waals surface area contributed by atoms with Crippen LogP contribution in [0.25, 0.3) is 0 Å². The Morgan fingerprint density at radius 1 is 0.750 bits per heavy atom. The van der Waals surface area contributed by atoms with Crippen molar-refractivity contribution in [3.05, 3.63) is 41.4 Å². The van der Waals surface area contributed by atoms with E-state index in [2.05, 4.69) is 0 Å². The fourth-order valence-electron chi connectivity index (χ4n) is 2.97. The van der Waals surface area contributed by atoms with Gasteiger partial charge >= 0.3 is 0 Å². The van der Waals surface area contributed by atoms with Crippen LogP contribution in [-0.2, 0) is 14.2 Å². The lowest BCUT2D eigenvalue weighted by Gasteiger charge is -2.30. The van der Waals surface area contributed by atoms with Crippen LogP contribution < -0.4 is 14.2 Å². The highest BCUT2D eigenvalue weighted by Gasteiger charge is 2.34. The number of rotatable bonds is 7. The summed E-state index contributed by atoms with van der Waals surface area (Å²) in [5.74, 6) is 2.89. The molecule has 0 saturated carbocycles. The standard InChI is InChI=1S/C18H24O6/c1-19-13-9-7-11(15(21-3)17(13)23-5)12-8-10-14(20-2)18(24-6)16(12)22-4/h7-11,15H,1-6H3/t11?,15-/m1/s1. The molecule has 0 spiro atoms. The summed E-state index contributed by atoms with van der Waals surface area (Å²) in [5, 5.41) is 0. The molecule has 1 aromatic rings. The Morgan fingerprint density at radius 3 is 1.96 bits per heavy atom. The van der Waals surface area contributed by atoms with Crippen LogP contribution in [0.3, 0.4) is 0 Å². The molecule has 1 aromatic carbocycles. The highest BCUT2D eigenvalue weighted by atomic mass is 16.5. The average Bonchev–Trinajstić information content (AvgIpc) is 2.64. The van der Waals surface area contributed by atoms with Gasteiger partial charge in [0, 0.05) is 18.6 Å². The zero-order valence-electron chi connectivity index (χ0n) is 14.9. The van der Waals surface area contributed by atoms with Crippen molar-refractivity contribution in [1.82, 2.24) is 0 Å². The SMILES string of the molecule is COC1=C(OC)[C@H](OC)C(c2ccc(OC)c(OC)c2OC)C=C1. The fraction of sp³-hybridized carbons (Fsp3) is 0.444. The molecule has 24 heavy (non-hydrogen) atoms. The zero-order valence-corrected chi connectivity index (χ0v) is 14.9. The molecule has 1 unspecified atom stereocenters. The predicted molar refractivity (Wildman–Crippen MR) is 89.8 cm³/mol. The molecule has 0 saturated heterocycles. The Kier molecular flexibility index (Phi) is 5.98. The summed E-state index contributed by atoms with van der Waals surface area (Å²) < 4.78 is 33.0. The van der Waals surface area contributed by atoms with Crippen molar-refractivity contribution in [2.75, 3.05) is 42.7 Å². The lowest BCUT2D eigenvalue weighted by atomic mass is 9.87. The van der Waals surface area contributed by atoms with Gasteiger partial charge in [-0.15, -0.1) is 0 Å². The first kappa shape index (κ1) is 18.0. The average molecular weight is 336 g/mol. The summed E-state index contributed by atoms with van der Waals surface area (Å²) in [6.45, 7) is 0. The molecule has 0 radical (unpaired) electrons. The number of benzene rings is 1. The van der Waals surface area contributed by atoms with Crippen LogP contribution in [0.1, 0.15) is 11.5 Å². The Hall–Kier alpha value is -2.34. The second-order valence-corrected chi connectivity index (χ2v) is 5.10. The first-order valence-corrected chi connectivity index (χ1v) is 7.48. The number of allylic oxidation sites excluding steroid dienone is 1. The number of hydrogen-bond acceptors (Lipinski definition) is 6. The second-order valence-electron chi connectivity index (χ2n) is 5.10. The Balaban J connectivity index is 2.56. The normalized spacial score (nSPS) is 19.9. The van der Waals surface area contributed by atoms with Crippen LogP contribution in [0.15, 0.2) is 35.8 Å². The van der Waals surface area contributed by atoms with Gasteiger partial charge in [0.25, 0.3) is 0 Å². The van der Waals surface area contributed by atoms with E-state index in [1.165, 1.54) is 0 Å². The molecular weight excluding hydrogens is 312 g/mol. The highest BCUT2D eigenvalue weighted by Crippen LogP contribution is 2.46. The van der Waals surface area contributed by atoms with Crippen molar-refractivity contribution in [3.63, 3.8) is 0 Å². The quantitative estimate of drug-likeness (QED) is 0.763. The van der Waals surface area contributed by atoms with Gasteiger partial charge in [-0.05, 0) is 12.1 Å². The van der Waals surface area contributed by atoms with Crippen LogP contribution in [0.4, 0.5) is 0 Å². The smallest absolute Gasteiger partial charge is 0.203 e. The number of ether oxygens (including phenoxy) is 6. The fourth-order valence-corrected chi connectivity index (χ4v) is 2.97. The Labute approximate surface area is 142 Å². The lowest BCUT2D eigenvalue weighted by Crippen LogP contribution is -2.27. The van der Waals surface area contributed by atoms with Gasteiger partial charge in [0.2, 0.25) is 5.75 Å². The van der Waals surface area contributed by atoms with E-state index < -0.39 is 0 Å². The van der Waals surface area contributed by atoms with E-state index in [0.29, 0.717) is 28.8 Å². The molecule has 0 amide bonds. The van der Waals surface area contributed by atoms with Crippen molar-refractivity contribution in [1.29, 1.82) is 0 Å². The molecule has 1 aliphatic carbocycles. The van der Waals surface area contributed by atoms with Gasteiger partial charge < -0.3 is 28.4 Å². The number of hydrogen-bond donors (Lipinski definition) is 0. The monoisotopic (exact) mass is 336 g/mol. The first-order chi connectivity index (χ1) is 11.7. The maximum atomic E-state index is 5.68. The maximum absolute atomic E-state index is 5.68. The summed E-state index contributed by atoms with van der Waals surface area (Å²) in [6.07, 6.45) is 3.52. The third-order valence-corrected chi connectivity index (χ3v) is 4.07. The summed E-state index contributed by atoms with van der Waals surface area (Å²) >= 11 is 0. The summed E-state index contributed by atoms with van der Waals surface area (Å²) in [5.41, 5.74) is 0.906. The van der Waals surface area contributed by atoms with Crippen LogP contribution in [0, 0.1) is 0 Å². The number of methoxy groups -OCH3 is 6. The van der Waals surface area contributed by atoms with Crippen LogP contribution in [0.5, 0.6) is 17.2 Å².